The molecule has 0 saturated heterocycles. The van der Waals surface area contributed by atoms with E-state index in [2.05, 4.69) is 52.9 Å². The third-order valence-corrected chi connectivity index (χ3v) is 4.82. The lowest BCUT2D eigenvalue weighted by Gasteiger charge is -2.22. The van der Waals surface area contributed by atoms with E-state index in [0.29, 0.717) is 6.61 Å². The summed E-state index contributed by atoms with van der Waals surface area (Å²) >= 11 is 0. The van der Waals surface area contributed by atoms with Crippen molar-refractivity contribution in [3.8, 4) is 5.75 Å². The Hall–Kier alpha value is -2.85. The summed E-state index contributed by atoms with van der Waals surface area (Å²) in [5, 5.41) is 0. The molecule has 0 aliphatic heterocycles. The predicted octanol–water partition coefficient (Wildman–Crippen LogP) is 5.21. The molecule has 0 saturated carbocycles. The van der Waals surface area contributed by atoms with Gasteiger partial charge in [0.05, 0.1) is 25.7 Å². The number of imidazole rings is 1. The Kier molecular flexibility index (Phi) is 7.04. The maximum Gasteiger partial charge on any atom is 0.118 e. The molecule has 0 aliphatic rings. The van der Waals surface area contributed by atoms with Crippen molar-refractivity contribution in [1.82, 2.24) is 9.55 Å². The van der Waals surface area contributed by atoms with E-state index in [0.717, 1.165) is 23.7 Å². The standard InChI is InChI=1S/C24H28N2O2/c1-4-8-23(19(2)28-18-21-11-13-22(27-3)14-12-21)24-25-15-16-26(24)17-20-9-6-5-7-10-20/h4-16,19,23H,17-18H2,1-3H3/b8-4+/t19-,23?/m0/s1. The van der Waals surface area contributed by atoms with Crippen molar-refractivity contribution in [2.24, 2.45) is 0 Å². The number of ether oxygens (including phenoxy) is 2. The van der Waals surface area contributed by atoms with Crippen molar-refractivity contribution < 1.29 is 9.47 Å². The average molecular weight is 377 g/mol. The van der Waals surface area contributed by atoms with Gasteiger partial charge in [-0.1, -0.05) is 54.6 Å². The van der Waals surface area contributed by atoms with E-state index in [4.69, 9.17) is 9.47 Å². The van der Waals surface area contributed by atoms with Crippen LogP contribution in [0.15, 0.2) is 79.1 Å². The third kappa shape index (κ3) is 5.11. The Morgan fingerprint density at radius 3 is 2.46 bits per heavy atom. The summed E-state index contributed by atoms with van der Waals surface area (Å²) in [4.78, 5) is 4.65. The number of rotatable bonds is 9. The molecule has 1 aromatic heterocycles. The van der Waals surface area contributed by atoms with Crippen molar-refractivity contribution in [3.63, 3.8) is 0 Å². The zero-order valence-electron chi connectivity index (χ0n) is 16.8. The summed E-state index contributed by atoms with van der Waals surface area (Å²) in [5.74, 6) is 1.96. The van der Waals surface area contributed by atoms with Crippen LogP contribution in [0.5, 0.6) is 5.75 Å². The highest BCUT2D eigenvalue weighted by atomic mass is 16.5. The van der Waals surface area contributed by atoms with Crippen molar-refractivity contribution in [2.45, 2.75) is 39.0 Å². The monoisotopic (exact) mass is 376 g/mol. The predicted molar refractivity (Wildman–Crippen MR) is 113 cm³/mol. The van der Waals surface area contributed by atoms with E-state index in [9.17, 15) is 0 Å². The van der Waals surface area contributed by atoms with Gasteiger partial charge in [0.25, 0.3) is 0 Å². The number of nitrogens with zero attached hydrogens (tertiary/aromatic N) is 2. The number of methoxy groups -OCH3 is 1. The molecule has 0 amide bonds. The van der Waals surface area contributed by atoms with Crippen molar-refractivity contribution >= 4 is 0 Å². The molecule has 0 aliphatic carbocycles. The second-order valence-electron chi connectivity index (χ2n) is 6.81. The molecule has 0 radical (unpaired) electrons. The van der Waals surface area contributed by atoms with E-state index in [1.165, 1.54) is 5.56 Å². The van der Waals surface area contributed by atoms with Gasteiger partial charge < -0.3 is 14.0 Å². The maximum absolute atomic E-state index is 6.20. The number of hydrogen-bond donors (Lipinski definition) is 0. The second kappa shape index (κ2) is 9.90. The van der Waals surface area contributed by atoms with Gasteiger partial charge in [0.1, 0.15) is 11.6 Å². The molecule has 0 spiro atoms. The number of benzene rings is 2. The number of aromatic nitrogens is 2. The minimum absolute atomic E-state index is 0.00442. The largest absolute Gasteiger partial charge is 0.497 e. The van der Waals surface area contributed by atoms with Gasteiger partial charge >= 0.3 is 0 Å². The van der Waals surface area contributed by atoms with Gasteiger partial charge in [-0.05, 0) is 37.1 Å². The molecule has 146 valence electrons. The van der Waals surface area contributed by atoms with E-state index in [-0.39, 0.29) is 12.0 Å². The molecule has 4 heteroatoms. The Labute approximate surface area is 167 Å². The number of allylic oxidation sites excluding steroid dienone is 1. The Morgan fingerprint density at radius 1 is 1.04 bits per heavy atom. The van der Waals surface area contributed by atoms with Crippen molar-refractivity contribution in [1.29, 1.82) is 0 Å². The minimum Gasteiger partial charge on any atom is -0.497 e. The highest BCUT2D eigenvalue weighted by Gasteiger charge is 2.22. The first-order chi connectivity index (χ1) is 13.7. The zero-order valence-corrected chi connectivity index (χ0v) is 16.8. The fraction of sp³-hybridized carbons (Fsp3) is 0.292. The maximum atomic E-state index is 6.20. The summed E-state index contributed by atoms with van der Waals surface area (Å²) < 4.78 is 13.6. The molecule has 28 heavy (non-hydrogen) atoms. The van der Waals surface area contributed by atoms with Gasteiger partial charge in [-0.2, -0.15) is 0 Å². The average Bonchev–Trinajstić information content (AvgIpc) is 3.19. The molecule has 4 nitrogen and oxygen atoms in total. The topological polar surface area (TPSA) is 36.3 Å². The lowest BCUT2D eigenvalue weighted by atomic mass is 10.0. The normalized spacial score (nSPS) is 13.5. The van der Waals surface area contributed by atoms with E-state index in [1.54, 1.807) is 7.11 Å². The van der Waals surface area contributed by atoms with Gasteiger partial charge in [0.15, 0.2) is 0 Å². The molecule has 1 heterocycles. The van der Waals surface area contributed by atoms with Crippen LogP contribution in [-0.2, 0) is 17.9 Å². The Morgan fingerprint density at radius 2 is 1.79 bits per heavy atom. The van der Waals surface area contributed by atoms with Gasteiger partial charge in [-0.15, -0.1) is 0 Å². The fourth-order valence-corrected chi connectivity index (χ4v) is 3.24. The molecule has 3 aromatic rings. The van der Waals surface area contributed by atoms with E-state index in [1.807, 2.05) is 49.6 Å². The van der Waals surface area contributed by atoms with Crippen molar-refractivity contribution in [2.75, 3.05) is 7.11 Å². The quantitative estimate of drug-likeness (QED) is 0.481. The molecule has 2 aromatic carbocycles. The van der Waals surface area contributed by atoms with Crippen LogP contribution in [0.25, 0.3) is 0 Å². The van der Waals surface area contributed by atoms with Crippen LogP contribution in [0.1, 0.15) is 36.7 Å². The van der Waals surface area contributed by atoms with Crippen LogP contribution >= 0.6 is 0 Å². The molecular weight excluding hydrogens is 348 g/mol. The molecule has 0 bridgehead atoms. The first kappa shape index (κ1) is 19.9. The van der Waals surface area contributed by atoms with E-state index < -0.39 is 0 Å². The summed E-state index contributed by atoms with van der Waals surface area (Å²) in [5.41, 5.74) is 2.38. The summed E-state index contributed by atoms with van der Waals surface area (Å²) in [7, 11) is 1.67. The first-order valence-electron chi connectivity index (χ1n) is 9.63. The van der Waals surface area contributed by atoms with Gasteiger partial charge in [0.2, 0.25) is 0 Å². The molecular formula is C24H28N2O2. The lowest BCUT2D eigenvalue weighted by molar-refractivity contribution is 0.0417. The molecule has 3 rings (SSSR count). The third-order valence-electron chi connectivity index (χ3n) is 4.82. The Balaban J connectivity index is 1.71. The number of hydrogen-bond acceptors (Lipinski definition) is 3. The summed E-state index contributed by atoms with van der Waals surface area (Å²) in [6, 6.07) is 18.4. The fourth-order valence-electron chi connectivity index (χ4n) is 3.24. The summed E-state index contributed by atoms with van der Waals surface area (Å²) in [6.45, 7) is 5.50. The highest BCUT2D eigenvalue weighted by Crippen LogP contribution is 2.24. The zero-order chi connectivity index (χ0) is 19.8. The first-order valence-corrected chi connectivity index (χ1v) is 9.63. The SMILES string of the molecule is C/C=C/C(c1nccn1Cc1ccccc1)[C@H](C)OCc1ccc(OC)cc1. The van der Waals surface area contributed by atoms with Crippen LogP contribution in [0, 0.1) is 0 Å². The molecule has 2 atom stereocenters. The summed E-state index contributed by atoms with van der Waals surface area (Å²) in [6.07, 6.45) is 8.14. The van der Waals surface area contributed by atoms with Gasteiger partial charge in [0, 0.05) is 18.9 Å². The molecule has 0 fully saturated rings. The lowest BCUT2D eigenvalue weighted by Crippen LogP contribution is -2.21. The van der Waals surface area contributed by atoms with Crippen LogP contribution < -0.4 is 4.74 Å². The van der Waals surface area contributed by atoms with Crippen LogP contribution in [0.3, 0.4) is 0 Å². The van der Waals surface area contributed by atoms with Crippen LogP contribution in [0.2, 0.25) is 0 Å². The van der Waals surface area contributed by atoms with Crippen LogP contribution in [0.4, 0.5) is 0 Å². The smallest absolute Gasteiger partial charge is 0.118 e. The van der Waals surface area contributed by atoms with Crippen molar-refractivity contribution in [3.05, 3.63) is 96.1 Å². The van der Waals surface area contributed by atoms with Gasteiger partial charge in [-0.25, -0.2) is 4.98 Å². The van der Waals surface area contributed by atoms with E-state index >= 15 is 0 Å². The van der Waals surface area contributed by atoms with Gasteiger partial charge in [-0.3, -0.25) is 0 Å². The highest BCUT2D eigenvalue weighted by molar-refractivity contribution is 5.26. The minimum atomic E-state index is -0.00442. The Bertz CT molecular complexity index is 869. The van der Waals surface area contributed by atoms with Crippen LogP contribution in [-0.4, -0.2) is 22.8 Å². The second-order valence-corrected chi connectivity index (χ2v) is 6.81. The molecule has 0 N–H and O–H groups in total. The molecule has 1 unspecified atom stereocenters.